The zero-order valence-electron chi connectivity index (χ0n) is 14.5. The van der Waals surface area contributed by atoms with E-state index in [1.807, 2.05) is 36.4 Å². The first-order chi connectivity index (χ1) is 12.6. The first-order valence-corrected chi connectivity index (χ1v) is 9.14. The maximum absolute atomic E-state index is 11.9. The molecule has 4 nitrogen and oxygen atoms in total. The lowest BCUT2D eigenvalue weighted by molar-refractivity contribution is -0.115. The van der Waals surface area contributed by atoms with E-state index in [1.54, 1.807) is 18.2 Å². The van der Waals surface area contributed by atoms with Crippen LogP contribution in [0.5, 0.6) is 5.75 Å². The highest BCUT2D eigenvalue weighted by atomic mass is 35.5. The maximum Gasteiger partial charge on any atom is 0.250 e. The fourth-order valence-electron chi connectivity index (χ4n) is 2.03. The molecule has 1 amide bonds. The minimum absolute atomic E-state index is 0.232. The Labute approximate surface area is 164 Å². The summed E-state index contributed by atoms with van der Waals surface area (Å²) in [5.41, 5.74) is 1.65. The van der Waals surface area contributed by atoms with E-state index in [0.29, 0.717) is 11.6 Å². The number of rotatable bonds is 7. The van der Waals surface area contributed by atoms with Crippen LogP contribution in [0.2, 0.25) is 5.02 Å². The number of carbonyl (C=O) groups excluding carboxylic acids is 1. The molecule has 0 aliphatic heterocycles. The number of hydrogen-bond donors (Lipinski definition) is 2. The molecule has 0 aromatic heterocycles. The van der Waals surface area contributed by atoms with Crippen LogP contribution < -0.4 is 15.4 Å². The van der Waals surface area contributed by atoms with Crippen LogP contribution in [0.15, 0.2) is 54.6 Å². The third-order valence-corrected chi connectivity index (χ3v) is 3.87. The molecule has 0 saturated heterocycles. The van der Waals surface area contributed by atoms with Gasteiger partial charge in [-0.2, -0.15) is 0 Å². The smallest absolute Gasteiger partial charge is 0.250 e. The molecule has 0 spiro atoms. The molecule has 0 heterocycles. The number of thiocarbonyl (C=S) groups is 1. The molecule has 0 bridgehead atoms. The second-order valence-electron chi connectivity index (χ2n) is 5.55. The number of carbonyl (C=O) groups is 1. The molecule has 136 valence electrons. The Morgan fingerprint density at radius 1 is 1.15 bits per heavy atom. The molecule has 0 aliphatic carbocycles. The molecule has 0 saturated carbocycles. The quantitative estimate of drug-likeness (QED) is 0.396. The predicted molar refractivity (Wildman–Crippen MR) is 112 cm³/mol. The van der Waals surface area contributed by atoms with Crippen LogP contribution in [-0.2, 0) is 4.79 Å². The highest BCUT2D eigenvalue weighted by Gasteiger charge is 2.02. The third-order valence-electron chi connectivity index (χ3n) is 3.41. The van der Waals surface area contributed by atoms with Gasteiger partial charge in [0, 0.05) is 16.8 Å². The van der Waals surface area contributed by atoms with Crippen LogP contribution >= 0.6 is 23.8 Å². The summed E-state index contributed by atoms with van der Waals surface area (Å²) in [6, 6.07) is 14.6. The molecule has 26 heavy (non-hydrogen) atoms. The normalized spacial score (nSPS) is 10.5. The van der Waals surface area contributed by atoms with Gasteiger partial charge in [-0.05, 0) is 66.7 Å². The fourth-order valence-corrected chi connectivity index (χ4v) is 2.37. The summed E-state index contributed by atoms with van der Waals surface area (Å²) in [6.07, 6.45) is 5.23. The average Bonchev–Trinajstić information content (AvgIpc) is 2.63. The lowest BCUT2D eigenvalue weighted by atomic mass is 10.2. The number of amides is 1. The van der Waals surface area contributed by atoms with Crippen molar-refractivity contribution in [3.05, 3.63) is 65.2 Å². The molecule has 2 aromatic rings. The van der Waals surface area contributed by atoms with Crippen LogP contribution in [-0.4, -0.2) is 17.6 Å². The second kappa shape index (κ2) is 10.6. The number of benzene rings is 2. The monoisotopic (exact) mass is 388 g/mol. The van der Waals surface area contributed by atoms with Crippen molar-refractivity contribution in [1.29, 1.82) is 0 Å². The van der Waals surface area contributed by atoms with Crippen molar-refractivity contribution in [2.45, 2.75) is 19.8 Å². The summed E-state index contributed by atoms with van der Waals surface area (Å²) < 4.78 is 5.60. The Morgan fingerprint density at radius 3 is 2.50 bits per heavy atom. The zero-order valence-corrected chi connectivity index (χ0v) is 16.1. The van der Waals surface area contributed by atoms with E-state index in [1.165, 1.54) is 6.08 Å². The summed E-state index contributed by atoms with van der Waals surface area (Å²) in [4.78, 5) is 11.9. The van der Waals surface area contributed by atoms with Crippen molar-refractivity contribution >= 4 is 46.6 Å². The van der Waals surface area contributed by atoms with Crippen molar-refractivity contribution in [2.75, 3.05) is 11.9 Å². The van der Waals surface area contributed by atoms with Crippen LogP contribution in [0.25, 0.3) is 6.08 Å². The lowest BCUT2D eigenvalue weighted by Gasteiger charge is -2.09. The van der Waals surface area contributed by atoms with Gasteiger partial charge in [-0.1, -0.05) is 37.1 Å². The lowest BCUT2D eigenvalue weighted by Crippen LogP contribution is -2.32. The molecule has 0 radical (unpaired) electrons. The Morgan fingerprint density at radius 2 is 1.85 bits per heavy atom. The van der Waals surface area contributed by atoms with Gasteiger partial charge < -0.3 is 10.1 Å². The SMILES string of the molecule is CCCCOc1ccc(NC(=S)NC(=O)/C=C/c2ccc(Cl)cc2)cc1. The van der Waals surface area contributed by atoms with Crippen molar-refractivity contribution in [3.8, 4) is 5.75 Å². The van der Waals surface area contributed by atoms with E-state index in [9.17, 15) is 4.79 Å². The number of unbranched alkanes of at least 4 members (excludes halogenated alkanes) is 1. The number of nitrogens with one attached hydrogen (secondary N) is 2. The van der Waals surface area contributed by atoms with Crippen molar-refractivity contribution in [1.82, 2.24) is 5.32 Å². The van der Waals surface area contributed by atoms with Gasteiger partial charge in [-0.25, -0.2) is 0 Å². The van der Waals surface area contributed by atoms with Gasteiger partial charge >= 0.3 is 0 Å². The van der Waals surface area contributed by atoms with Gasteiger partial charge in [-0.15, -0.1) is 0 Å². The molecule has 2 aromatic carbocycles. The zero-order chi connectivity index (χ0) is 18.8. The van der Waals surface area contributed by atoms with E-state index in [0.717, 1.165) is 29.8 Å². The average molecular weight is 389 g/mol. The summed E-state index contributed by atoms with van der Waals surface area (Å²) in [5, 5.41) is 6.45. The minimum atomic E-state index is -0.308. The van der Waals surface area contributed by atoms with E-state index in [4.69, 9.17) is 28.6 Å². The Kier molecular flexibility index (Phi) is 8.12. The molecule has 2 N–H and O–H groups in total. The van der Waals surface area contributed by atoms with Crippen LogP contribution in [0.1, 0.15) is 25.3 Å². The minimum Gasteiger partial charge on any atom is -0.494 e. The molecule has 6 heteroatoms. The highest BCUT2D eigenvalue weighted by Crippen LogP contribution is 2.16. The molecular formula is C20H21ClN2O2S. The molecule has 0 atom stereocenters. The highest BCUT2D eigenvalue weighted by molar-refractivity contribution is 7.80. The molecule has 0 aliphatic rings. The number of anilines is 1. The van der Waals surface area contributed by atoms with E-state index in [2.05, 4.69) is 17.6 Å². The van der Waals surface area contributed by atoms with Gasteiger partial charge in [-0.3, -0.25) is 10.1 Å². The molecule has 0 fully saturated rings. The van der Waals surface area contributed by atoms with E-state index >= 15 is 0 Å². The van der Waals surface area contributed by atoms with Crippen molar-refractivity contribution < 1.29 is 9.53 Å². The third kappa shape index (κ3) is 7.25. The maximum atomic E-state index is 11.9. The van der Waals surface area contributed by atoms with Crippen LogP contribution in [0.3, 0.4) is 0 Å². The first-order valence-electron chi connectivity index (χ1n) is 8.35. The molecular weight excluding hydrogens is 368 g/mol. The number of hydrogen-bond acceptors (Lipinski definition) is 3. The molecule has 2 rings (SSSR count). The Hall–Kier alpha value is -2.37. The Balaban J connectivity index is 1.80. The first kappa shape index (κ1) is 19.9. The van der Waals surface area contributed by atoms with Gasteiger partial charge in [0.05, 0.1) is 6.61 Å². The van der Waals surface area contributed by atoms with Gasteiger partial charge in [0.15, 0.2) is 5.11 Å². The van der Waals surface area contributed by atoms with Crippen LogP contribution in [0.4, 0.5) is 5.69 Å². The Bertz CT molecular complexity index is 758. The van der Waals surface area contributed by atoms with E-state index in [-0.39, 0.29) is 11.0 Å². The van der Waals surface area contributed by atoms with Crippen molar-refractivity contribution in [2.24, 2.45) is 0 Å². The fraction of sp³-hybridized carbons (Fsp3) is 0.200. The van der Waals surface area contributed by atoms with Gasteiger partial charge in [0.1, 0.15) is 5.75 Å². The standard InChI is InChI=1S/C20H21ClN2O2S/c1-2-3-14-25-18-11-9-17(10-12-18)22-20(26)23-19(24)13-6-15-4-7-16(21)8-5-15/h4-13H,2-3,14H2,1H3,(H2,22,23,24,26)/b13-6+. The van der Waals surface area contributed by atoms with Crippen LogP contribution in [0, 0.1) is 0 Å². The largest absolute Gasteiger partial charge is 0.494 e. The van der Waals surface area contributed by atoms with Gasteiger partial charge in [0.25, 0.3) is 0 Å². The predicted octanol–water partition coefficient (Wildman–Crippen LogP) is 5.05. The number of halogens is 1. The van der Waals surface area contributed by atoms with Gasteiger partial charge in [0.2, 0.25) is 5.91 Å². The summed E-state index contributed by atoms with van der Waals surface area (Å²) in [6.45, 7) is 2.83. The van der Waals surface area contributed by atoms with Crippen molar-refractivity contribution in [3.63, 3.8) is 0 Å². The molecule has 0 unspecified atom stereocenters. The second-order valence-corrected chi connectivity index (χ2v) is 6.40. The van der Waals surface area contributed by atoms with E-state index < -0.39 is 0 Å². The summed E-state index contributed by atoms with van der Waals surface area (Å²) >= 11 is 11.0. The summed E-state index contributed by atoms with van der Waals surface area (Å²) in [5.74, 6) is 0.502. The number of ether oxygens (including phenoxy) is 1. The topological polar surface area (TPSA) is 50.4 Å². The summed E-state index contributed by atoms with van der Waals surface area (Å²) in [7, 11) is 0.